The van der Waals surface area contributed by atoms with E-state index in [0.29, 0.717) is 13.1 Å². The van der Waals surface area contributed by atoms with Gasteiger partial charge in [-0.3, -0.25) is 9.79 Å². The highest BCUT2D eigenvalue weighted by Gasteiger charge is 2.38. The Kier molecular flexibility index (Phi) is 6.51. The molecule has 2 N–H and O–H groups in total. The van der Waals surface area contributed by atoms with Crippen molar-refractivity contribution in [2.75, 3.05) is 13.6 Å². The molecule has 0 unspecified atom stereocenters. The van der Waals surface area contributed by atoms with Crippen molar-refractivity contribution in [1.82, 2.24) is 15.2 Å². The number of guanidine groups is 1. The number of nitrogens with one attached hydrogen (secondary N) is 2. The van der Waals surface area contributed by atoms with Crippen LogP contribution in [0.25, 0.3) is 0 Å². The molecule has 1 saturated carbocycles. The molecule has 160 valence electrons. The van der Waals surface area contributed by atoms with E-state index in [1.165, 1.54) is 30.4 Å². The first-order valence-electron chi connectivity index (χ1n) is 10.9. The Balaban J connectivity index is 1.31. The summed E-state index contributed by atoms with van der Waals surface area (Å²) in [4.78, 5) is 16.3. The zero-order chi connectivity index (χ0) is 21.5. The van der Waals surface area contributed by atoms with E-state index >= 15 is 0 Å². The largest absolute Gasteiger partial charge is 0.356 e. The second-order valence-electron chi connectivity index (χ2n) is 8.26. The van der Waals surface area contributed by atoms with E-state index in [-0.39, 0.29) is 11.0 Å². The van der Waals surface area contributed by atoms with Crippen molar-refractivity contribution in [3.05, 3.63) is 106 Å². The molecule has 0 radical (unpaired) electrons. The van der Waals surface area contributed by atoms with Crippen molar-refractivity contribution in [3.63, 3.8) is 0 Å². The molecule has 1 aromatic heterocycles. The number of nitrogens with zero attached hydrogens (tertiary/aromatic N) is 2. The minimum Gasteiger partial charge on any atom is -0.356 e. The van der Waals surface area contributed by atoms with Crippen LogP contribution in [0.3, 0.4) is 0 Å². The second kappa shape index (κ2) is 9.65. The molecular weight excluding hydrogens is 384 g/mol. The molecule has 1 heterocycles. The zero-order valence-corrected chi connectivity index (χ0v) is 18.1. The van der Waals surface area contributed by atoms with Gasteiger partial charge in [0.25, 0.3) is 5.56 Å². The van der Waals surface area contributed by atoms with Gasteiger partial charge in [0.15, 0.2) is 5.96 Å². The molecule has 3 aromatic rings. The first kappa shape index (κ1) is 20.9. The maximum absolute atomic E-state index is 11.9. The Morgan fingerprint density at radius 2 is 1.65 bits per heavy atom. The summed E-state index contributed by atoms with van der Waals surface area (Å²) in [5.74, 6) is 0.821. The van der Waals surface area contributed by atoms with Gasteiger partial charge in [-0.2, -0.15) is 0 Å². The number of hydrogen-bond acceptors (Lipinski definition) is 2. The lowest BCUT2D eigenvalue weighted by molar-refractivity contribution is 0.244. The number of aromatic nitrogens is 1. The van der Waals surface area contributed by atoms with Gasteiger partial charge in [-0.25, -0.2) is 0 Å². The fourth-order valence-electron chi connectivity index (χ4n) is 4.17. The van der Waals surface area contributed by atoms with E-state index in [1.54, 1.807) is 16.7 Å². The molecule has 1 aliphatic rings. The normalized spacial score (nSPS) is 15.2. The second-order valence-corrected chi connectivity index (χ2v) is 8.26. The average Bonchev–Trinajstić information content (AvgIpc) is 2.78. The fourth-order valence-corrected chi connectivity index (χ4v) is 4.17. The highest BCUT2D eigenvalue weighted by molar-refractivity contribution is 5.79. The predicted octanol–water partition coefficient (Wildman–Crippen LogP) is 3.68. The molecule has 0 saturated heterocycles. The van der Waals surface area contributed by atoms with Crippen LogP contribution in [0.15, 0.2) is 88.8 Å². The number of rotatable bonds is 7. The summed E-state index contributed by atoms with van der Waals surface area (Å²) in [5, 5.41) is 6.95. The summed E-state index contributed by atoms with van der Waals surface area (Å²) in [6.07, 6.45) is 5.53. The molecule has 0 aliphatic heterocycles. The van der Waals surface area contributed by atoms with Crippen LogP contribution in [0, 0.1) is 0 Å². The average molecular weight is 415 g/mol. The third-order valence-electron chi connectivity index (χ3n) is 6.25. The number of aliphatic imine (C=N–C) groups is 1. The van der Waals surface area contributed by atoms with Crippen LogP contribution < -0.4 is 16.2 Å². The van der Waals surface area contributed by atoms with E-state index in [0.717, 1.165) is 18.1 Å². The van der Waals surface area contributed by atoms with E-state index in [1.807, 2.05) is 19.3 Å². The van der Waals surface area contributed by atoms with Gasteiger partial charge < -0.3 is 15.2 Å². The number of benzene rings is 2. The molecule has 5 nitrogen and oxygen atoms in total. The van der Waals surface area contributed by atoms with Crippen LogP contribution in [0.1, 0.15) is 36.0 Å². The maximum Gasteiger partial charge on any atom is 0.250 e. The van der Waals surface area contributed by atoms with Gasteiger partial charge in [0.2, 0.25) is 0 Å². The van der Waals surface area contributed by atoms with Crippen molar-refractivity contribution in [2.45, 2.75) is 37.8 Å². The molecule has 4 rings (SSSR count). The fraction of sp³-hybridized carbons (Fsp3) is 0.308. The molecule has 2 aromatic carbocycles. The minimum atomic E-state index is 0.0165. The van der Waals surface area contributed by atoms with Gasteiger partial charge in [-0.1, -0.05) is 67.1 Å². The van der Waals surface area contributed by atoms with E-state index in [4.69, 9.17) is 0 Å². The molecule has 1 aliphatic carbocycles. The summed E-state index contributed by atoms with van der Waals surface area (Å²) in [6, 6.07) is 24.4. The summed E-state index contributed by atoms with van der Waals surface area (Å²) >= 11 is 0. The minimum absolute atomic E-state index is 0.0165. The molecule has 31 heavy (non-hydrogen) atoms. The molecule has 0 amide bonds. The van der Waals surface area contributed by atoms with Crippen molar-refractivity contribution < 1.29 is 0 Å². The highest BCUT2D eigenvalue weighted by atomic mass is 16.1. The van der Waals surface area contributed by atoms with Gasteiger partial charge in [-0.05, 0) is 35.6 Å². The summed E-state index contributed by atoms with van der Waals surface area (Å²) < 4.78 is 1.71. The lowest BCUT2D eigenvalue weighted by Crippen LogP contribution is -2.48. The first-order chi connectivity index (χ1) is 15.2. The molecule has 0 spiro atoms. The monoisotopic (exact) mass is 414 g/mol. The topological polar surface area (TPSA) is 58.4 Å². The Morgan fingerprint density at radius 3 is 2.29 bits per heavy atom. The highest BCUT2D eigenvalue weighted by Crippen LogP contribution is 2.43. The first-order valence-corrected chi connectivity index (χ1v) is 10.9. The third-order valence-corrected chi connectivity index (χ3v) is 6.25. The Bertz CT molecular complexity index is 1070. The lowest BCUT2D eigenvalue weighted by Gasteiger charge is -2.43. The Labute approximate surface area is 183 Å². The van der Waals surface area contributed by atoms with Gasteiger partial charge in [0.1, 0.15) is 0 Å². The summed E-state index contributed by atoms with van der Waals surface area (Å²) in [6.45, 7) is 2.17. The lowest BCUT2D eigenvalue weighted by atomic mass is 9.64. The predicted molar refractivity (Wildman–Crippen MR) is 126 cm³/mol. The van der Waals surface area contributed by atoms with Crippen LogP contribution in [0.2, 0.25) is 0 Å². The maximum atomic E-state index is 11.9. The van der Waals surface area contributed by atoms with Crippen molar-refractivity contribution in [3.8, 4) is 0 Å². The van der Waals surface area contributed by atoms with Crippen LogP contribution in [0.4, 0.5) is 0 Å². The zero-order valence-electron chi connectivity index (χ0n) is 18.1. The number of hydrogen-bond donors (Lipinski definition) is 2. The third kappa shape index (κ3) is 5.05. The quantitative estimate of drug-likeness (QED) is 0.458. The van der Waals surface area contributed by atoms with Crippen LogP contribution in [-0.4, -0.2) is 24.1 Å². The smallest absolute Gasteiger partial charge is 0.250 e. The van der Waals surface area contributed by atoms with Crippen molar-refractivity contribution in [2.24, 2.45) is 4.99 Å². The van der Waals surface area contributed by atoms with Crippen molar-refractivity contribution in [1.29, 1.82) is 0 Å². The summed E-state index contributed by atoms with van der Waals surface area (Å²) in [7, 11) is 1.81. The van der Waals surface area contributed by atoms with E-state index < -0.39 is 0 Å². The van der Waals surface area contributed by atoms with Crippen LogP contribution in [0.5, 0.6) is 0 Å². The van der Waals surface area contributed by atoms with Crippen molar-refractivity contribution >= 4 is 5.96 Å². The molecular formula is C26H30N4O. The van der Waals surface area contributed by atoms with Crippen LogP contribution >= 0.6 is 0 Å². The Hall–Kier alpha value is -3.34. The molecule has 1 fully saturated rings. The molecule has 0 bridgehead atoms. The van der Waals surface area contributed by atoms with Gasteiger partial charge in [-0.15, -0.1) is 0 Å². The van der Waals surface area contributed by atoms with Gasteiger partial charge >= 0.3 is 0 Å². The van der Waals surface area contributed by atoms with Crippen LogP contribution in [-0.2, 0) is 18.5 Å². The summed E-state index contributed by atoms with van der Waals surface area (Å²) in [5.41, 5.74) is 3.93. The van der Waals surface area contributed by atoms with E-state index in [9.17, 15) is 4.79 Å². The number of pyridine rings is 1. The molecule has 0 atom stereocenters. The standard InChI is InChI=1S/C26H30N4O/c1-27-25(29-20-26(15-7-16-26)23-8-3-2-4-9-23)28-18-21-11-13-22(14-12-21)19-30-17-6-5-10-24(30)31/h2-6,8-14,17H,7,15-16,18-20H2,1H3,(H2,27,28,29). The van der Waals surface area contributed by atoms with Gasteiger partial charge in [0.05, 0.1) is 6.54 Å². The van der Waals surface area contributed by atoms with Gasteiger partial charge in [0, 0.05) is 37.8 Å². The Morgan fingerprint density at radius 1 is 0.935 bits per heavy atom. The van der Waals surface area contributed by atoms with E-state index in [2.05, 4.69) is 70.2 Å². The SMILES string of the molecule is CN=C(NCc1ccc(Cn2ccccc2=O)cc1)NCC1(c2ccccc2)CCC1. The molecule has 5 heteroatoms.